The van der Waals surface area contributed by atoms with Gasteiger partial charge in [0.2, 0.25) is 0 Å². The Balaban J connectivity index is 2.07. The normalized spacial score (nSPS) is 29.9. The van der Waals surface area contributed by atoms with E-state index in [0.29, 0.717) is 0 Å². The molecule has 2 aliphatic heterocycles. The Morgan fingerprint density at radius 2 is 2.28 bits per heavy atom. The minimum Gasteiger partial charge on any atom is -0.481 e. The highest BCUT2D eigenvalue weighted by atomic mass is 79.9. The lowest BCUT2D eigenvalue weighted by atomic mass is 9.75. The second-order valence-electron chi connectivity index (χ2n) is 4.95. The number of rotatable bonds is 1. The fourth-order valence-corrected chi connectivity index (χ4v) is 3.46. The van der Waals surface area contributed by atoms with Gasteiger partial charge >= 0.3 is 5.97 Å². The summed E-state index contributed by atoms with van der Waals surface area (Å²) in [5.41, 5.74) is 1.86. The molecule has 0 spiro atoms. The van der Waals surface area contributed by atoms with E-state index >= 15 is 0 Å². The van der Waals surface area contributed by atoms with Gasteiger partial charge in [0, 0.05) is 28.7 Å². The summed E-state index contributed by atoms with van der Waals surface area (Å²) in [4.78, 5) is 11.6. The third kappa shape index (κ3) is 1.91. The molecule has 0 radical (unpaired) electrons. The van der Waals surface area contributed by atoms with Crippen molar-refractivity contribution in [2.24, 2.45) is 5.92 Å². The van der Waals surface area contributed by atoms with E-state index in [1.54, 1.807) is 0 Å². The zero-order valence-electron chi connectivity index (χ0n) is 9.82. The van der Waals surface area contributed by atoms with Gasteiger partial charge < -0.3 is 15.7 Å². The Hall–Kier alpha value is -1.07. The smallest absolute Gasteiger partial charge is 0.311 e. The Kier molecular flexibility index (Phi) is 3.03. The van der Waals surface area contributed by atoms with Crippen molar-refractivity contribution in [2.45, 2.75) is 18.4 Å². The van der Waals surface area contributed by atoms with Crippen LogP contribution in [0.2, 0.25) is 0 Å². The minimum absolute atomic E-state index is 0.123. The number of aliphatic carboxylic acids is 1. The van der Waals surface area contributed by atoms with Gasteiger partial charge in [0.05, 0.1) is 5.92 Å². The first-order chi connectivity index (χ1) is 8.66. The van der Waals surface area contributed by atoms with E-state index in [0.717, 1.165) is 35.2 Å². The highest BCUT2D eigenvalue weighted by Crippen LogP contribution is 2.41. The number of hydrogen-bond donors (Lipinski definition) is 3. The van der Waals surface area contributed by atoms with Crippen LogP contribution < -0.4 is 10.6 Å². The quantitative estimate of drug-likeness (QED) is 0.742. The maximum Gasteiger partial charge on any atom is 0.311 e. The summed E-state index contributed by atoms with van der Waals surface area (Å²) in [5, 5.41) is 16.3. The third-order valence-electron chi connectivity index (χ3n) is 3.91. The van der Waals surface area contributed by atoms with Gasteiger partial charge in [0.25, 0.3) is 0 Å². The monoisotopic (exact) mass is 310 g/mol. The molecule has 0 amide bonds. The first kappa shape index (κ1) is 12.0. The van der Waals surface area contributed by atoms with Crippen molar-refractivity contribution in [1.29, 1.82) is 0 Å². The van der Waals surface area contributed by atoms with Gasteiger partial charge in [-0.25, -0.2) is 0 Å². The molecule has 1 fully saturated rings. The highest BCUT2D eigenvalue weighted by Gasteiger charge is 2.41. The van der Waals surface area contributed by atoms with Gasteiger partial charge in [-0.05, 0) is 36.7 Å². The molecule has 4 nitrogen and oxygen atoms in total. The van der Waals surface area contributed by atoms with Gasteiger partial charge in [-0.3, -0.25) is 4.79 Å². The van der Waals surface area contributed by atoms with Crippen molar-refractivity contribution < 1.29 is 9.90 Å². The molecule has 0 aromatic heterocycles. The van der Waals surface area contributed by atoms with Crippen LogP contribution in [0.15, 0.2) is 22.7 Å². The van der Waals surface area contributed by atoms with E-state index in [1.807, 2.05) is 18.2 Å². The van der Waals surface area contributed by atoms with Crippen molar-refractivity contribution in [3.63, 3.8) is 0 Å². The molecule has 3 unspecified atom stereocenters. The molecule has 0 aliphatic carbocycles. The number of halogens is 1. The lowest BCUT2D eigenvalue weighted by Crippen LogP contribution is -2.50. The van der Waals surface area contributed by atoms with Crippen LogP contribution in [0.25, 0.3) is 0 Å². The average molecular weight is 311 g/mol. The van der Waals surface area contributed by atoms with Crippen LogP contribution in [0.4, 0.5) is 5.69 Å². The van der Waals surface area contributed by atoms with E-state index in [9.17, 15) is 9.90 Å². The Bertz CT molecular complexity index is 492. The number of piperidine rings is 1. The fraction of sp³-hybridized carbons (Fsp3) is 0.462. The summed E-state index contributed by atoms with van der Waals surface area (Å²) in [6.45, 7) is 1.72. The van der Waals surface area contributed by atoms with Crippen molar-refractivity contribution in [3.8, 4) is 0 Å². The summed E-state index contributed by atoms with van der Waals surface area (Å²) in [6.07, 6.45) is 0.976. The molecule has 1 saturated heterocycles. The van der Waals surface area contributed by atoms with Gasteiger partial charge in [0.1, 0.15) is 0 Å². The molecular formula is C13H15BrN2O2. The molecule has 96 valence electrons. The largest absolute Gasteiger partial charge is 0.481 e. The first-order valence-corrected chi connectivity index (χ1v) is 6.95. The van der Waals surface area contributed by atoms with Crippen molar-refractivity contribution in [3.05, 3.63) is 28.2 Å². The molecule has 2 heterocycles. The van der Waals surface area contributed by atoms with Crippen molar-refractivity contribution in [2.75, 3.05) is 18.4 Å². The van der Waals surface area contributed by atoms with Crippen LogP contribution >= 0.6 is 15.9 Å². The molecule has 3 N–H and O–H groups in total. The van der Waals surface area contributed by atoms with Crippen LogP contribution in [0.5, 0.6) is 0 Å². The van der Waals surface area contributed by atoms with Crippen molar-refractivity contribution in [1.82, 2.24) is 5.32 Å². The zero-order chi connectivity index (χ0) is 12.7. The zero-order valence-corrected chi connectivity index (χ0v) is 11.4. The number of hydrogen-bond acceptors (Lipinski definition) is 3. The molecule has 2 aliphatic rings. The number of anilines is 1. The molecule has 3 rings (SSSR count). The van der Waals surface area contributed by atoms with Gasteiger partial charge in [-0.2, -0.15) is 0 Å². The lowest BCUT2D eigenvalue weighted by Gasteiger charge is -2.42. The van der Waals surface area contributed by atoms with Crippen LogP contribution in [0.1, 0.15) is 17.9 Å². The molecule has 3 atom stereocenters. The molecule has 0 saturated carbocycles. The van der Waals surface area contributed by atoms with E-state index in [-0.39, 0.29) is 12.0 Å². The van der Waals surface area contributed by atoms with E-state index in [2.05, 4.69) is 26.6 Å². The van der Waals surface area contributed by atoms with Crippen LogP contribution in [0.3, 0.4) is 0 Å². The molecule has 0 bridgehead atoms. The minimum atomic E-state index is -0.727. The molecule has 1 aromatic rings. The maximum atomic E-state index is 11.6. The number of benzene rings is 1. The second kappa shape index (κ2) is 4.55. The average Bonchev–Trinajstić information content (AvgIpc) is 2.35. The predicted octanol–water partition coefficient (Wildman–Crippen LogP) is 2.02. The highest BCUT2D eigenvalue weighted by molar-refractivity contribution is 9.10. The number of carbonyl (C=O) groups is 1. The summed E-state index contributed by atoms with van der Waals surface area (Å²) in [7, 11) is 0. The van der Waals surface area contributed by atoms with Gasteiger partial charge in [-0.1, -0.05) is 15.9 Å². The number of carboxylic acids is 1. The Labute approximate surface area is 114 Å². The summed E-state index contributed by atoms with van der Waals surface area (Å²) >= 11 is 3.42. The third-order valence-corrected chi connectivity index (χ3v) is 4.41. The number of nitrogens with one attached hydrogen (secondary N) is 2. The van der Waals surface area contributed by atoms with Gasteiger partial charge in [-0.15, -0.1) is 0 Å². The van der Waals surface area contributed by atoms with E-state index in [1.165, 1.54) is 0 Å². The second-order valence-corrected chi connectivity index (χ2v) is 5.87. The molecular weight excluding hydrogens is 296 g/mol. The Morgan fingerprint density at radius 3 is 3.06 bits per heavy atom. The van der Waals surface area contributed by atoms with Gasteiger partial charge in [0.15, 0.2) is 0 Å². The molecule has 5 heteroatoms. The molecule has 1 aromatic carbocycles. The van der Waals surface area contributed by atoms with Crippen LogP contribution in [-0.2, 0) is 4.79 Å². The summed E-state index contributed by atoms with van der Waals surface area (Å²) in [6, 6.07) is 6.10. The summed E-state index contributed by atoms with van der Waals surface area (Å²) in [5.74, 6) is -1.02. The topological polar surface area (TPSA) is 61.4 Å². The van der Waals surface area contributed by atoms with E-state index in [4.69, 9.17) is 0 Å². The number of fused-ring (bicyclic) bond motifs is 2. The van der Waals surface area contributed by atoms with E-state index < -0.39 is 11.9 Å². The van der Waals surface area contributed by atoms with Crippen LogP contribution in [-0.4, -0.2) is 30.2 Å². The molecule has 18 heavy (non-hydrogen) atoms. The number of carboxylic acid groups (broad SMARTS) is 1. The Morgan fingerprint density at radius 1 is 1.44 bits per heavy atom. The standard InChI is InChI=1S/C13H15BrN2O2/c14-7-1-2-10-8(5-7)12(13(17)18)9-6-15-4-3-11(9)16-10/h1-2,5,9,11-12,15-16H,3-4,6H2,(H,17,18). The predicted molar refractivity (Wildman–Crippen MR) is 72.9 cm³/mol. The summed E-state index contributed by atoms with van der Waals surface area (Å²) < 4.78 is 0.927. The van der Waals surface area contributed by atoms with Crippen LogP contribution in [0, 0.1) is 5.92 Å². The fourth-order valence-electron chi connectivity index (χ4n) is 3.08. The lowest BCUT2D eigenvalue weighted by molar-refractivity contribution is -0.140. The maximum absolute atomic E-state index is 11.6. The SMILES string of the molecule is O=C(O)C1c2cc(Br)ccc2NC2CCNCC21. The first-order valence-electron chi connectivity index (χ1n) is 6.16. The van der Waals surface area contributed by atoms with Crippen molar-refractivity contribution >= 4 is 27.6 Å².